The van der Waals surface area contributed by atoms with Crippen molar-refractivity contribution in [3.05, 3.63) is 108 Å². The summed E-state index contributed by atoms with van der Waals surface area (Å²) in [7, 11) is 1.31. The maximum Gasteiger partial charge on any atom is 0.316 e. The topological polar surface area (TPSA) is 55.8 Å². The van der Waals surface area contributed by atoms with Gasteiger partial charge in [0.1, 0.15) is 11.0 Å². The fourth-order valence-electron chi connectivity index (χ4n) is 3.45. The molecule has 0 aliphatic carbocycles. The average molecular weight is 390 g/mol. The zero-order valence-electron chi connectivity index (χ0n) is 16.7. The van der Waals surface area contributed by atoms with Crippen LogP contribution in [0.4, 0.5) is 0 Å². The van der Waals surface area contributed by atoms with E-state index < -0.39 is 17.0 Å². The van der Waals surface area contributed by atoms with Crippen molar-refractivity contribution in [1.82, 2.24) is 0 Å². The van der Waals surface area contributed by atoms with Gasteiger partial charge in [-0.3, -0.25) is 4.79 Å². The third-order valence-electron chi connectivity index (χ3n) is 5.18. The minimum Gasteiger partial charge on any atom is -0.468 e. The highest BCUT2D eigenvalue weighted by Gasteiger charge is 2.42. The SMILES string of the molecule is COC(=O)[C@@](C)(CO)COC(c1ccccc1)(c1ccccc1)c1ccccc1. The van der Waals surface area contributed by atoms with E-state index in [2.05, 4.69) is 0 Å². The van der Waals surface area contributed by atoms with Crippen LogP contribution < -0.4 is 0 Å². The van der Waals surface area contributed by atoms with E-state index in [1.165, 1.54) is 7.11 Å². The zero-order valence-corrected chi connectivity index (χ0v) is 16.7. The molecule has 0 saturated carbocycles. The molecule has 1 atom stereocenters. The van der Waals surface area contributed by atoms with Gasteiger partial charge in [0, 0.05) is 0 Å². The Morgan fingerprint density at radius 2 is 1.17 bits per heavy atom. The predicted molar refractivity (Wildman–Crippen MR) is 112 cm³/mol. The molecule has 0 aliphatic heterocycles. The Hall–Kier alpha value is -2.95. The molecule has 3 aromatic carbocycles. The summed E-state index contributed by atoms with van der Waals surface area (Å²) < 4.78 is 11.5. The van der Waals surface area contributed by atoms with E-state index in [4.69, 9.17) is 9.47 Å². The molecule has 0 saturated heterocycles. The second-order valence-electron chi connectivity index (χ2n) is 7.28. The molecule has 0 radical (unpaired) electrons. The fraction of sp³-hybridized carbons (Fsp3) is 0.240. The number of esters is 1. The van der Waals surface area contributed by atoms with Crippen molar-refractivity contribution in [1.29, 1.82) is 0 Å². The number of aliphatic hydroxyl groups excluding tert-OH is 1. The minimum atomic E-state index is -1.18. The highest BCUT2D eigenvalue weighted by molar-refractivity contribution is 5.76. The van der Waals surface area contributed by atoms with Gasteiger partial charge in [0.2, 0.25) is 0 Å². The Kier molecular flexibility index (Phi) is 6.47. The molecule has 0 amide bonds. The summed E-state index contributed by atoms with van der Waals surface area (Å²) in [4.78, 5) is 12.3. The summed E-state index contributed by atoms with van der Waals surface area (Å²) in [5.74, 6) is -0.511. The number of carbonyl (C=O) groups excluding carboxylic acids is 1. The molecule has 3 rings (SSSR count). The van der Waals surface area contributed by atoms with Crippen molar-refractivity contribution in [3.63, 3.8) is 0 Å². The molecule has 0 heterocycles. The van der Waals surface area contributed by atoms with Crippen molar-refractivity contribution in [3.8, 4) is 0 Å². The van der Waals surface area contributed by atoms with Crippen LogP contribution in [0.2, 0.25) is 0 Å². The number of hydrogen-bond acceptors (Lipinski definition) is 4. The Balaban J connectivity index is 2.19. The maximum absolute atomic E-state index is 12.3. The molecule has 0 unspecified atom stereocenters. The van der Waals surface area contributed by atoms with Gasteiger partial charge in [0.25, 0.3) is 0 Å². The predicted octanol–water partition coefficient (Wildman–Crippen LogP) is 4.17. The van der Waals surface area contributed by atoms with Gasteiger partial charge in [-0.25, -0.2) is 0 Å². The first-order chi connectivity index (χ1) is 14.1. The number of hydrogen-bond donors (Lipinski definition) is 1. The molecule has 3 aromatic rings. The summed E-state index contributed by atoms with van der Waals surface area (Å²) in [6.07, 6.45) is 0. The third-order valence-corrected chi connectivity index (χ3v) is 5.18. The molecule has 0 spiro atoms. The van der Waals surface area contributed by atoms with Gasteiger partial charge in [0.15, 0.2) is 0 Å². The largest absolute Gasteiger partial charge is 0.468 e. The second-order valence-corrected chi connectivity index (χ2v) is 7.28. The molecular weight excluding hydrogens is 364 g/mol. The smallest absolute Gasteiger partial charge is 0.316 e. The van der Waals surface area contributed by atoms with Crippen LogP contribution in [0.1, 0.15) is 23.6 Å². The minimum absolute atomic E-state index is 0.0190. The zero-order chi connectivity index (χ0) is 20.7. The van der Waals surface area contributed by atoms with Gasteiger partial charge in [-0.15, -0.1) is 0 Å². The van der Waals surface area contributed by atoms with E-state index in [0.29, 0.717) is 0 Å². The van der Waals surface area contributed by atoms with Crippen molar-refractivity contribution < 1.29 is 19.4 Å². The molecule has 4 nitrogen and oxygen atoms in total. The first-order valence-corrected chi connectivity index (χ1v) is 9.56. The summed E-state index contributed by atoms with van der Waals surface area (Å²) in [5, 5.41) is 9.91. The standard InChI is InChI=1S/C25H26O4/c1-24(18-26,23(27)28-2)19-29-25(20-12-6-3-7-13-20,21-14-8-4-9-15-21)22-16-10-5-11-17-22/h3-17,26H,18-19H2,1-2H3/t24-/m0/s1. The molecule has 0 fully saturated rings. The van der Waals surface area contributed by atoms with Gasteiger partial charge < -0.3 is 14.6 Å². The normalized spacial score (nSPS) is 13.5. The number of methoxy groups -OCH3 is 1. The summed E-state index contributed by atoms with van der Waals surface area (Å²) in [6.45, 7) is 1.24. The molecule has 4 heteroatoms. The summed E-state index contributed by atoms with van der Waals surface area (Å²) >= 11 is 0. The van der Waals surface area contributed by atoms with E-state index >= 15 is 0 Å². The summed E-state index contributed by atoms with van der Waals surface area (Å²) in [6, 6.07) is 29.7. The van der Waals surface area contributed by atoms with Crippen LogP contribution in [0, 0.1) is 5.41 Å². The van der Waals surface area contributed by atoms with Crippen LogP contribution in [0.15, 0.2) is 91.0 Å². The molecule has 0 aromatic heterocycles. The first-order valence-electron chi connectivity index (χ1n) is 9.56. The average Bonchev–Trinajstić information content (AvgIpc) is 2.81. The van der Waals surface area contributed by atoms with Crippen LogP contribution in [0.3, 0.4) is 0 Å². The first kappa shape index (κ1) is 20.8. The highest BCUT2D eigenvalue weighted by atomic mass is 16.5. The molecule has 1 N–H and O–H groups in total. The van der Waals surface area contributed by atoms with Crippen molar-refractivity contribution in [2.75, 3.05) is 20.3 Å². The number of rotatable bonds is 8. The Labute approximate surface area is 171 Å². The van der Waals surface area contributed by atoms with Crippen LogP contribution in [-0.2, 0) is 19.9 Å². The second kappa shape index (κ2) is 9.03. The monoisotopic (exact) mass is 390 g/mol. The van der Waals surface area contributed by atoms with Crippen molar-refractivity contribution >= 4 is 5.97 Å². The summed E-state index contributed by atoms with van der Waals surface area (Å²) in [5.41, 5.74) is 0.666. The van der Waals surface area contributed by atoms with Gasteiger partial charge in [-0.05, 0) is 23.6 Å². The van der Waals surface area contributed by atoms with Crippen LogP contribution in [0.25, 0.3) is 0 Å². The van der Waals surface area contributed by atoms with Gasteiger partial charge in [0.05, 0.1) is 20.3 Å². The Bertz CT molecular complexity index is 813. The van der Waals surface area contributed by atoms with Crippen molar-refractivity contribution in [2.24, 2.45) is 5.41 Å². The lowest BCUT2D eigenvalue weighted by Gasteiger charge is -2.38. The quantitative estimate of drug-likeness (QED) is 0.463. The van der Waals surface area contributed by atoms with Crippen LogP contribution in [-0.4, -0.2) is 31.4 Å². The van der Waals surface area contributed by atoms with Gasteiger partial charge >= 0.3 is 5.97 Å². The van der Waals surface area contributed by atoms with E-state index in [9.17, 15) is 9.90 Å². The van der Waals surface area contributed by atoms with Crippen LogP contribution in [0.5, 0.6) is 0 Å². The van der Waals surface area contributed by atoms with E-state index in [0.717, 1.165) is 16.7 Å². The number of aliphatic hydroxyl groups is 1. The van der Waals surface area contributed by atoms with E-state index in [-0.39, 0.29) is 13.2 Å². The lowest BCUT2D eigenvalue weighted by Crippen LogP contribution is -2.42. The lowest BCUT2D eigenvalue weighted by molar-refractivity contribution is -0.161. The lowest BCUT2D eigenvalue weighted by atomic mass is 9.79. The Morgan fingerprint density at radius 1 is 0.793 bits per heavy atom. The van der Waals surface area contributed by atoms with E-state index in [1.807, 2.05) is 91.0 Å². The third kappa shape index (κ3) is 4.09. The van der Waals surface area contributed by atoms with Gasteiger partial charge in [-0.1, -0.05) is 91.0 Å². The molecular formula is C25H26O4. The van der Waals surface area contributed by atoms with Gasteiger partial charge in [-0.2, -0.15) is 0 Å². The van der Waals surface area contributed by atoms with Crippen LogP contribution >= 0.6 is 0 Å². The molecule has 150 valence electrons. The Morgan fingerprint density at radius 3 is 1.48 bits per heavy atom. The number of benzene rings is 3. The fourth-order valence-corrected chi connectivity index (χ4v) is 3.45. The number of carbonyl (C=O) groups is 1. The van der Waals surface area contributed by atoms with Crippen molar-refractivity contribution in [2.45, 2.75) is 12.5 Å². The maximum atomic E-state index is 12.3. The number of ether oxygens (including phenoxy) is 2. The van der Waals surface area contributed by atoms with E-state index in [1.54, 1.807) is 6.92 Å². The molecule has 0 bridgehead atoms. The molecule has 29 heavy (non-hydrogen) atoms. The highest BCUT2D eigenvalue weighted by Crippen LogP contribution is 2.41. The molecule has 0 aliphatic rings.